The molecule has 0 saturated heterocycles. The molecule has 0 radical (unpaired) electrons. The van der Waals surface area contributed by atoms with Gasteiger partial charge in [-0.2, -0.15) is 5.11 Å². The molecule has 106 valence electrons. The van der Waals surface area contributed by atoms with Crippen molar-refractivity contribution < 1.29 is 24.1 Å². The van der Waals surface area contributed by atoms with Gasteiger partial charge >= 0.3 is 5.97 Å². The van der Waals surface area contributed by atoms with Crippen LogP contribution in [-0.2, 0) is 9.53 Å². The van der Waals surface area contributed by atoms with Crippen LogP contribution in [0.5, 0.6) is 11.5 Å². The molecule has 0 aliphatic carbocycles. The van der Waals surface area contributed by atoms with Crippen LogP contribution in [0.3, 0.4) is 0 Å². The fourth-order valence-corrected chi connectivity index (χ4v) is 1.52. The summed E-state index contributed by atoms with van der Waals surface area (Å²) in [6.45, 7) is 3.36. The Morgan fingerprint density at radius 1 is 1.40 bits per heavy atom. The third-order valence-corrected chi connectivity index (χ3v) is 2.43. The van der Waals surface area contributed by atoms with Crippen LogP contribution < -0.4 is 9.47 Å². The molecule has 1 heterocycles. The van der Waals surface area contributed by atoms with Crippen molar-refractivity contribution in [1.29, 1.82) is 0 Å². The van der Waals surface area contributed by atoms with Crippen molar-refractivity contribution in [2.75, 3.05) is 13.4 Å². The molecule has 1 aromatic carbocycles. The second-order valence-electron chi connectivity index (χ2n) is 3.89. The quantitative estimate of drug-likeness (QED) is 0.396. The number of carbonyl (C=O) groups excluding carboxylic acids is 1. The summed E-state index contributed by atoms with van der Waals surface area (Å²) in [7, 11) is 0. The maximum absolute atomic E-state index is 11.6. The number of hydrogen-bond acceptors (Lipinski definition) is 7. The van der Waals surface area contributed by atoms with Gasteiger partial charge in [-0.25, -0.2) is 4.79 Å². The van der Waals surface area contributed by atoms with Gasteiger partial charge in [0.1, 0.15) is 5.76 Å². The van der Waals surface area contributed by atoms with Crippen LogP contribution in [0.25, 0.3) is 0 Å². The lowest BCUT2D eigenvalue weighted by Crippen LogP contribution is -2.07. The van der Waals surface area contributed by atoms with Gasteiger partial charge < -0.3 is 19.3 Å². The van der Waals surface area contributed by atoms with E-state index < -0.39 is 5.97 Å². The zero-order chi connectivity index (χ0) is 14.5. The van der Waals surface area contributed by atoms with Crippen molar-refractivity contribution in [2.24, 2.45) is 10.2 Å². The highest BCUT2D eigenvalue weighted by Gasteiger charge is 2.15. The normalized spacial score (nSPS) is 14.3. The van der Waals surface area contributed by atoms with Crippen LogP contribution in [0.15, 0.2) is 39.9 Å². The highest BCUT2D eigenvalue weighted by Crippen LogP contribution is 2.35. The Labute approximate surface area is 115 Å². The molecule has 0 aromatic heterocycles. The Morgan fingerprint density at radius 2 is 2.15 bits per heavy atom. The van der Waals surface area contributed by atoms with Gasteiger partial charge in [0.25, 0.3) is 0 Å². The number of carbonyl (C=O) groups is 1. The number of fused-ring (bicyclic) bond motifs is 1. The van der Waals surface area contributed by atoms with Crippen LogP contribution in [0.2, 0.25) is 0 Å². The minimum absolute atomic E-state index is 0.166. The zero-order valence-electron chi connectivity index (χ0n) is 11.1. The Morgan fingerprint density at radius 3 is 2.85 bits per heavy atom. The average molecular weight is 278 g/mol. The number of nitrogens with zero attached hydrogens (tertiary/aromatic N) is 2. The summed E-state index contributed by atoms with van der Waals surface area (Å²) in [6, 6.07) is 4.98. The SMILES string of the molecule is CCOC(=O)/C(N=Nc1ccc2c(c1)OCO2)=C(/C)O. The van der Waals surface area contributed by atoms with Gasteiger partial charge in [0, 0.05) is 6.07 Å². The molecule has 2 rings (SSSR count). The number of aliphatic hydroxyl groups is 1. The first-order valence-electron chi connectivity index (χ1n) is 6.00. The number of esters is 1. The second-order valence-corrected chi connectivity index (χ2v) is 3.89. The Bertz CT molecular complexity index is 576. The highest BCUT2D eigenvalue weighted by molar-refractivity contribution is 5.88. The molecule has 1 aromatic rings. The van der Waals surface area contributed by atoms with Crippen molar-refractivity contribution in [2.45, 2.75) is 13.8 Å². The third kappa shape index (κ3) is 3.05. The minimum atomic E-state index is -0.725. The lowest BCUT2D eigenvalue weighted by Gasteiger charge is -2.02. The number of azo groups is 1. The van der Waals surface area contributed by atoms with Crippen LogP contribution in [0, 0.1) is 0 Å². The van der Waals surface area contributed by atoms with Crippen molar-refractivity contribution in [3.63, 3.8) is 0 Å². The molecule has 7 heteroatoms. The molecule has 0 bridgehead atoms. The van der Waals surface area contributed by atoms with Gasteiger partial charge in [-0.1, -0.05) is 0 Å². The van der Waals surface area contributed by atoms with E-state index in [1.54, 1.807) is 25.1 Å². The van der Waals surface area contributed by atoms with Crippen LogP contribution in [0.1, 0.15) is 13.8 Å². The monoisotopic (exact) mass is 278 g/mol. The molecule has 20 heavy (non-hydrogen) atoms. The molecule has 0 spiro atoms. The van der Waals surface area contributed by atoms with Crippen molar-refractivity contribution in [1.82, 2.24) is 0 Å². The fraction of sp³-hybridized carbons (Fsp3) is 0.308. The predicted molar refractivity (Wildman–Crippen MR) is 69.0 cm³/mol. The standard InChI is InChI=1S/C13H14N2O5/c1-3-18-13(17)12(8(2)16)15-14-9-4-5-10-11(6-9)20-7-19-10/h4-6,16H,3,7H2,1-2H3/b12-8+,15-14?. The van der Waals surface area contributed by atoms with Crippen LogP contribution in [0.4, 0.5) is 5.69 Å². The molecule has 0 amide bonds. The number of hydrogen-bond donors (Lipinski definition) is 1. The van der Waals surface area contributed by atoms with Gasteiger partial charge in [-0.15, -0.1) is 5.11 Å². The summed E-state index contributed by atoms with van der Waals surface area (Å²) in [4.78, 5) is 11.6. The lowest BCUT2D eigenvalue weighted by atomic mass is 10.3. The Hall–Kier alpha value is -2.57. The maximum Gasteiger partial charge on any atom is 0.362 e. The number of aliphatic hydroxyl groups excluding tert-OH is 1. The topological polar surface area (TPSA) is 89.7 Å². The van der Waals surface area contributed by atoms with E-state index in [2.05, 4.69) is 10.2 Å². The molecule has 0 saturated carbocycles. The van der Waals surface area contributed by atoms with E-state index in [1.165, 1.54) is 6.92 Å². The molecule has 1 aliphatic heterocycles. The Kier molecular flexibility index (Phi) is 4.19. The minimum Gasteiger partial charge on any atom is -0.510 e. The van der Waals surface area contributed by atoms with Crippen molar-refractivity contribution >= 4 is 11.7 Å². The highest BCUT2D eigenvalue weighted by atomic mass is 16.7. The third-order valence-electron chi connectivity index (χ3n) is 2.43. The van der Waals surface area contributed by atoms with Gasteiger partial charge in [-0.05, 0) is 26.0 Å². The number of rotatable bonds is 4. The van der Waals surface area contributed by atoms with Crippen LogP contribution in [-0.4, -0.2) is 24.5 Å². The molecule has 0 unspecified atom stereocenters. The van der Waals surface area contributed by atoms with Crippen molar-refractivity contribution in [3.05, 3.63) is 29.7 Å². The lowest BCUT2D eigenvalue weighted by molar-refractivity contribution is -0.138. The molecule has 1 N–H and O–H groups in total. The van der Waals surface area contributed by atoms with E-state index in [4.69, 9.17) is 14.2 Å². The summed E-state index contributed by atoms with van der Waals surface area (Å²) in [5.74, 6) is 0.206. The van der Waals surface area contributed by atoms with Gasteiger partial charge in [0.2, 0.25) is 12.5 Å². The number of benzene rings is 1. The average Bonchev–Trinajstić information content (AvgIpc) is 2.86. The molecular formula is C13H14N2O5. The molecule has 0 fully saturated rings. The first kappa shape index (κ1) is 13.9. The van der Waals surface area contributed by atoms with Gasteiger partial charge in [0.15, 0.2) is 11.5 Å². The molecular weight excluding hydrogens is 264 g/mol. The molecule has 7 nitrogen and oxygen atoms in total. The fourth-order valence-electron chi connectivity index (χ4n) is 1.52. The molecule has 0 atom stereocenters. The van der Waals surface area contributed by atoms with E-state index in [9.17, 15) is 9.90 Å². The number of allylic oxidation sites excluding steroid dienone is 1. The van der Waals surface area contributed by atoms with Gasteiger partial charge in [-0.3, -0.25) is 0 Å². The summed E-state index contributed by atoms with van der Waals surface area (Å²) in [6.07, 6.45) is 0. The van der Waals surface area contributed by atoms with E-state index in [-0.39, 0.29) is 24.9 Å². The first-order chi connectivity index (χ1) is 9.61. The predicted octanol–water partition coefficient (Wildman–Crippen LogP) is 2.85. The van der Waals surface area contributed by atoms with E-state index >= 15 is 0 Å². The summed E-state index contributed by atoms with van der Waals surface area (Å²) < 4.78 is 15.1. The maximum atomic E-state index is 11.6. The summed E-state index contributed by atoms with van der Waals surface area (Å²) >= 11 is 0. The summed E-state index contributed by atoms with van der Waals surface area (Å²) in [5.41, 5.74) is 0.238. The van der Waals surface area contributed by atoms with E-state index in [0.29, 0.717) is 17.2 Å². The largest absolute Gasteiger partial charge is 0.510 e. The first-order valence-corrected chi connectivity index (χ1v) is 6.00. The smallest absolute Gasteiger partial charge is 0.362 e. The van der Waals surface area contributed by atoms with Gasteiger partial charge in [0.05, 0.1) is 12.3 Å². The zero-order valence-corrected chi connectivity index (χ0v) is 11.1. The van der Waals surface area contributed by atoms with E-state index in [0.717, 1.165) is 0 Å². The second kappa shape index (κ2) is 6.05. The summed E-state index contributed by atoms with van der Waals surface area (Å²) in [5, 5.41) is 17.0. The number of ether oxygens (including phenoxy) is 3. The van der Waals surface area contributed by atoms with E-state index in [1.807, 2.05) is 0 Å². The Balaban J connectivity index is 2.19. The molecule has 1 aliphatic rings. The van der Waals surface area contributed by atoms with Crippen LogP contribution >= 0.6 is 0 Å². The van der Waals surface area contributed by atoms with Crippen molar-refractivity contribution in [3.8, 4) is 11.5 Å².